The number of aromatic nitrogens is 1. The smallest absolute Gasteiger partial charge is 0.207 e. The van der Waals surface area contributed by atoms with E-state index in [1.54, 1.807) is 6.20 Å². The Kier molecular flexibility index (Phi) is 4.30. The molecule has 0 saturated heterocycles. The maximum atomic E-state index is 10.3. The fraction of sp³-hybridized carbons (Fsp3) is 0.143. The van der Waals surface area contributed by atoms with Crippen LogP contribution in [0.25, 0.3) is 0 Å². The number of hydrogen-bond donors (Lipinski definition) is 1. The summed E-state index contributed by atoms with van der Waals surface area (Å²) in [6.07, 6.45) is 2.33. The van der Waals surface area contributed by atoms with Gasteiger partial charge in [0, 0.05) is 6.20 Å². The molecule has 1 aromatic heterocycles. The van der Waals surface area contributed by atoms with E-state index in [1.165, 1.54) is 0 Å². The third-order valence-electron chi connectivity index (χ3n) is 2.44. The Morgan fingerprint density at radius 3 is 2.78 bits per heavy atom. The lowest BCUT2D eigenvalue weighted by atomic mass is 10.2. The van der Waals surface area contributed by atoms with Crippen molar-refractivity contribution >= 4 is 6.41 Å². The van der Waals surface area contributed by atoms with E-state index in [1.807, 2.05) is 42.5 Å². The van der Waals surface area contributed by atoms with Crippen molar-refractivity contribution in [3.63, 3.8) is 0 Å². The number of carbonyl (C=O) groups excluding carboxylic acids is 1. The third kappa shape index (κ3) is 3.31. The molecule has 2 aromatic rings. The van der Waals surface area contributed by atoms with Gasteiger partial charge < -0.3 is 10.1 Å². The Balaban J connectivity index is 2.02. The van der Waals surface area contributed by atoms with Crippen molar-refractivity contribution in [3.05, 3.63) is 59.9 Å². The minimum atomic E-state index is 0.370. The van der Waals surface area contributed by atoms with E-state index >= 15 is 0 Å². The molecule has 92 valence electrons. The van der Waals surface area contributed by atoms with Gasteiger partial charge in [0.15, 0.2) is 0 Å². The molecule has 0 spiro atoms. The van der Waals surface area contributed by atoms with Gasteiger partial charge >= 0.3 is 0 Å². The average Bonchev–Trinajstić information content (AvgIpc) is 2.45. The molecule has 0 aliphatic heterocycles. The summed E-state index contributed by atoms with van der Waals surface area (Å²) in [5, 5.41) is 2.58. The minimum absolute atomic E-state index is 0.370. The van der Waals surface area contributed by atoms with Gasteiger partial charge in [0.05, 0.1) is 6.54 Å². The number of benzene rings is 1. The fourth-order valence-corrected chi connectivity index (χ4v) is 1.56. The summed E-state index contributed by atoms with van der Waals surface area (Å²) in [7, 11) is 0. The molecule has 4 nitrogen and oxygen atoms in total. The van der Waals surface area contributed by atoms with E-state index in [0.717, 1.165) is 11.3 Å². The highest BCUT2D eigenvalue weighted by Crippen LogP contribution is 2.16. The van der Waals surface area contributed by atoms with Gasteiger partial charge in [0.25, 0.3) is 0 Å². The van der Waals surface area contributed by atoms with Crippen molar-refractivity contribution in [1.82, 2.24) is 10.3 Å². The molecule has 0 radical (unpaired) electrons. The van der Waals surface area contributed by atoms with E-state index < -0.39 is 0 Å². The van der Waals surface area contributed by atoms with Crippen molar-refractivity contribution < 1.29 is 9.53 Å². The SMILES string of the molecule is O=CNCc1ncccc1OCc1ccccc1. The molecule has 0 aliphatic carbocycles. The first-order chi connectivity index (χ1) is 8.90. The zero-order valence-corrected chi connectivity index (χ0v) is 9.87. The summed E-state index contributed by atoms with van der Waals surface area (Å²) in [5.74, 6) is 0.690. The van der Waals surface area contributed by atoms with Crippen molar-refractivity contribution in [3.8, 4) is 5.75 Å². The van der Waals surface area contributed by atoms with Crippen LogP contribution < -0.4 is 10.1 Å². The van der Waals surface area contributed by atoms with Crippen LogP contribution in [0.15, 0.2) is 48.7 Å². The molecule has 0 unspecified atom stereocenters. The Morgan fingerprint density at radius 2 is 2.00 bits per heavy atom. The second-order valence-corrected chi connectivity index (χ2v) is 3.72. The lowest BCUT2D eigenvalue weighted by Gasteiger charge is -2.10. The normalized spacial score (nSPS) is 9.78. The summed E-state index contributed by atoms with van der Waals surface area (Å²) >= 11 is 0. The average molecular weight is 242 g/mol. The lowest BCUT2D eigenvalue weighted by Crippen LogP contribution is -2.12. The van der Waals surface area contributed by atoms with Crippen LogP contribution in [0.1, 0.15) is 11.3 Å². The number of nitrogens with one attached hydrogen (secondary N) is 1. The first kappa shape index (κ1) is 12.1. The molecule has 2 rings (SSSR count). The number of nitrogens with zero attached hydrogens (tertiary/aromatic N) is 1. The maximum Gasteiger partial charge on any atom is 0.207 e. The highest BCUT2D eigenvalue weighted by atomic mass is 16.5. The highest BCUT2D eigenvalue weighted by Gasteiger charge is 2.04. The van der Waals surface area contributed by atoms with Gasteiger partial charge in [0.1, 0.15) is 18.1 Å². The Labute approximate surface area is 106 Å². The number of hydrogen-bond acceptors (Lipinski definition) is 3. The Hall–Kier alpha value is -2.36. The molecule has 0 aliphatic rings. The molecular formula is C14H14N2O2. The zero-order chi connectivity index (χ0) is 12.6. The quantitative estimate of drug-likeness (QED) is 0.787. The van der Waals surface area contributed by atoms with E-state index in [0.29, 0.717) is 25.3 Å². The summed E-state index contributed by atoms with van der Waals surface area (Å²) in [4.78, 5) is 14.5. The van der Waals surface area contributed by atoms with Crippen LogP contribution in [0.3, 0.4) is 0 Å². The van der Waals surface area contributed by atoms with Gasteiger partial charge in [-0.25, -0.2) is 0 Å². The molecule has 0 atom stereocenters. The van der Waals surface area contributed by atoms with E-state index in [9.17, 15) is 4.79 Å². The number of carbonyl (C=O) groups is 1. The second kappa shape index (κ2) is 6.39. The zero-order valence-electron chi connectivity index (χ0n) is 9.87. The molecule has 18 heavy (non-hydrogen) atoms. The molecule has 1 amide bonds. The van der Waals surface area contributed by atoms with Gasteiger partial charge in [-0.05, 0) is 17.7 Å². The van der Waals surface area contributed by atoms with Crippen LogP contribution in [0, 0.1) is 0 Å². The van der Waals surface area contributed by atoms with Crippen LogP contribution in [-0.2, 0) is 17.9 Å². The van der Waals surface area contributed by atoms with Crippen LogP contribution in [-0.4, -0.2) is 11.4 Å². The first-order valence-corrected chi connectivity index (χ1v) is 5.68. The second-order valence-electron chi connectivity index (χ2n) is 3.72. The molecule has 0 saturated carbocycles. The first-order valence-electron chi connectivity index (χ1n) is 5.68. The summed E-state index contributed by atoms with van der Waals surface area (Å²) in [6, 6.07) is 13.6. The van der Waals surface area contributed by atoms with Crippen LogP contribution in [0.4, 0.5) is 0 Å². The molecule has 0 fully saturated rings. The molecule has 1 heterocycles. The van der Waals surface area contributed by atoms with Gasteiger partial charge in [-0.2, -0.15) is 0 Å². The molecule has 1 N–H and O–H groups in total. The van der Waals surface area contributed by atoms with Crippen molar-refractivity contribution in [2.75, 3.05) is 0 Å². The maximum absolute atomic E-state index is 10.3. The molecular weight excluding hydrogens is 228 g/mol. The molecule has 1 aromatic carbocycles. The van der Waals surface area contributed by atoms with Crippen molar-refractivity contribution in [2.24, 2.45) is 0 Å². The Bertz CT molecular complexity index is 500. The summed E-state index contributed by atoms with van der Waals surface area (Å²) in [5.41, 5.74) is 1.82. The lowest BCUT2D eigenvalue weighted by molar-refractivity contribution is -0.109. The van der Waals surface area contributed by atoms with Gasteiger partial charge in [-0.15, -0.1) is 0 Å². The number of ether oxygens (including phenoxy) is 1. The van der Waals surface area contributed by atoms with Crippen LogP contribution in [0.5, 0.6) is 5.75 Å². The topological polar surface area (TPSA) is 51.2 Å². The van der Waals surface area contributed by atoms with E-state index in [2.05, 4.69) is 10.3 Å². The van der Waals surface area contributed by atoms with Crippen molar-refractivity contribution in [2.45, 2.75) is 13.2 Å². The van der Waals surface area contributed by atoms with Crippen LogP contribution >= 0.6 is 0 Å². The number of amides is 1. The monoisotopic (exact) mass is 242 g/mol. The van der Waals surface area contributed by atoms with E-state index in [-0.39, 0.29) is 0 Å². The number of pyridine rings is 1. The molecule has 4 heteroatoms. The van der Waals surface area contributed by atoms with Gasteiger partial charge in [-0.1, -0.05) is 30.3 Å². The summed E-state index contributed by atoms with van der Waals surface area (Å²) < 4.78 is 5.70. The largest absolute Gasteiger partial charge is 0.487 e. The van der Waals surface area contributed by atoms with Gasteiger partial charge in [0.2, 0.25) is 6.41 Å². The molecule has 0 bridgehead atoms. The third-order valence-corrected chi connectivity index (χ3v) is 2.44. The predicted molar refractivity (Wildman–Crippen MR) is 67.9 cm³/mol. The fourth-order valence-electron chi connectivity index (χ4n) is 1.56. The standard InChI is InChI=1S/C14H14N2O2/c17-11-15-9-13-14(7-4-8-16-13)18-10-12-5-2-1-3-6-12/h1-8,11H,9-10H2,(H,15,17). The predicted octanol–water partition coefficient (Wildman–Crippen LogP) is 1.91. The highest BCUT2D eigenvalue weighted by molar-refractivity contribution is 5.46. The van der Waals surface area contributed by atoms with Crippen molar-refractivity contribution in [1.29, 1.82) is 0 Å². The summed E-state index contributed by atoms with van der Waals surface area (Å²) in [6.45, 7) is 0.856. The Morgan fingerprint density at radius 1 is 1.17 bits per heavy atom. The number of rotatable bonds is 6. The van der Waals surface area contributed by atoms with Gasteiger partial charge in [-0.3, -0.25) is 9.78 Å². The van der Waals surface area contributed by atoms with E-state index in [4.69, 9.17) is 4.74 Å². The minimum Gasteiger partial charge on any atom is -0.487 e. The van der Waals surface area contributed by atoms with Crippen LogP contribution in [0.2, 0.25) is 0 Å².